The third-order valence-electron chi connectivity index (χ3n) is 9.76. The van der Waals surface area contributed by atoms with Crippen molar-refractivity contribution in [3.8, 4) is 16.8 Å². The zero-order valence-electron chi connectivity index (χ0n) is 26.6. The molecule has 0 atom stereocenters. The van der Waals surface area contributed by atoms with Crippen molar-refractivity contribution in [3.05, 3.63) is 182 Å². The Morgan fingerprint density at radius 3 is 1.92 bits per heavy atom. The molecule has 0 radical (unpaired) electrons. The summed E-state index contributed by atoms with van der Waals surface area (Å²) in [5.74, 6) is 0. The third kappa shape index (κ3) is 4.37. The lowest BCUT2D eigenvalue weighted by Crippen LogP contribution is -2.11. The number of rotatable bonds is 5. The van der Waals surface area contributed by atoms with Gasteiger partial charge in [0.15, 0.2) is 0 Å². The summed E-state index contributed by atoms with van der Waals surface area (Å²) in [5.41, 5.74) is 10.9. The fourth-order valence-electron chi connectivity index (χ4n) is 7.57. The van der Waals surface area contributed by atoms with Gasteiger partial charge in [-0.25, -0.2) is 0 Å². The quantitative estimate of drug-likeness (QED) is 0.190. The maximum absolute atomic E-state index is 6.40. The Morgan fingerprint density at radius 1 is 0.429 bits per heavy atom. The first-order valence-electron chi connectivity index (χ1n) is 16.7. The molecule has 2 aromatic heterocycles. The van der Waals surface area contributed by atoms with Gasteiger partial charge in [-0.05, 0) is 65.5 Å². The molecule has 0 bridgehead atoms. The second kappa shape index (κ2) is 11.0. The molecular weight excluding hydrogens is 597 g/mol. The largest absolute Gasteiger partial charge is 0.456 e. The van der Waals surface area contributed by atoms with E-state index in [9.17, 15) is 0 Å². The lowest BCUT2D eigenvalue weighted by Gasteiger charge is -2.28. The van der Waals surface area contributed by atoms with Crippen LogP contribution in [0.5, 0.6) is 0 Å². The van der Waals surface area contributed by atoms with Crippen LogP contribution in [0, 0.1) is 0 Å². The molecule has 0 spiro atoms. The van der Waals surface area contributed by atoms with Crippen LogP contribution in [0.2, 0.25) is 0 Å². The molecule has 0 saturated heterocycles. The monoisotopic (exact) mass is 626 g/mol. The van der Waals surface area contributed by atoms with Crippen LogP contribution in [0.1, 0.15) is 0 Å². The summed E-state index contributed by atoms with van der Waals surface area (Å²) in [6, 6.07) is 65.0. The van der Waals surface area contributed by atoms with Gasteiger partial charge in [0.05, 0.1) is 16.7 Å². The van der Waals surface area contributed by atoms with E-state index in [2.05, 4.69) is 179 Å². The minimum Gasteiger partial charge on any atom is -0.456 e. The lowest BCUT2D eigenvalue weighted by molar-refractivity contribution is 0.669. The zero-order chi connectivity index (χ0) is 32.3. The van der Waals surface area contributed by atoms with Crippen molar-refractivity contribution in [2.24, 2.45) is 0 Å². The molecule has 0 N–H and O–H groups in total. The van der Waals surface area contributed by atoms with E-state index in [1.807, 2.05) is 12.1 Å². The van der Waals surface area contributed by atoms with E-state index in [-0.39, 0.29) is 0 Å². The molecule has 49 heavy (non-hydrogen) atoms. The van der Waals surface area contributed by atoms with Gasteiger partial charge in [-0.2, -0.15) is 0 Å². The highest BCUT2D eigenvalue weighted by molar-refractivity contribution is 6.19. The van der Waals surface area contributed by atoms with Crippen LogP contribution in [0.15, 0.2) is 186 Å². The van der Waals surface area contributed by atoms with E-state index in [0.29, 0.717) is 0 Å². The van der Waals surface area contributed by atoms with Crippen molar-refractivity contribution in [1.29, 1.82) is 0 Å². The number of fused-ring (bicyclic) bond motifs is 8. The van der Waals surface area contributed by atoms with Crippen molar-refractivity contribution < 1.29 is 4.42 Å². The molecule has 10 aromatic rings. The highest BCUT2D eigenvalue weighted by Gasteiger charge is 2.21. The standard InChI is InChI=1S/C46H30N2O/c1-3-13-31(14-4-1)36-17-7-10-20-42(36)47(35-25-28-40-39-19-9-12-22-44(39)49-45(40)30-35)34-24-27-37-32(29-34)23-26-41-38-18-8-11-21-43(38)48(46(37)41)33-15-5-2-6-16-33/h1-30H. The number of benzene rings is 8. The van der Waals surface area contributed by atoms with Crippen LogP contribution in [-0.4, -0.2) is 4.57 Å². The van der Waals surface area contributed by atoms with E-state index >= 15 is 0 Å². The molecule has 0 unspecified atom stereocenters. The fourth-order valence-corrected chi connectivity index (χ4v) is 7.57. The molecule has 0 fully saturated rings. The summed E-state index contributed by atoms with van der Waals surface area (Å²) in [7, 11) is 0. The number of aromatic nitrogens is 1. The summed E-state index contributed by atoms with van der Waals surface area (Å²) in [5, 5.41) is 7.14. The zero-order valence-corrected chi connectivity index (χ0v) is 26.6. The number of hydrogen-bond acceptors (Lipinski definition) is 2. The first kappa shape index (κ1) is 27.5. The minimum atomic E-state index is 0.871. The molecular formula is C46H30N2O. The SMILES string of the molecule is c1ccc(-c2ccccc2N(c2ccc3c(ccc4c5ccccc5n(-c5ccccc5)c34)c2)c2ccc3c(c2)oc2ccccc23)cc1. The lowest BCUT2D eigenvalue weighted by atomic mass is 10.0. The van der Waals surface area contributed by atoms with Gasteiger partial charge in [0.2, 0.25) is 0 Å². The smallest absolute Gasteiger partial charge is 0.137 e. The van der Waals surface area contributed by atoms with Crippen LogP contribution in [0.4, 0.5) is 17.1 Å². The van der Waals surface area contributed by atoms with Crippen LogP contribution in [0.25, 0.3) is 71.3 Å². The normalized spacial score (nSPS) is 11.7. The molecule has 230 valence electrons. The van der Waals surface area contributed by atoms with Gasteiger partial charge in [-0.1, -0.05) is 121 Å². The third-order valence-corrected chi connectivity index (χ3v) is 9.76. The van der Waals surface area contributed by atoms with Gasteiger partial charge in [-0.15, -0.1) is 0 Å². The van der Waals surface area contributed by atoms with Gasteiger partial charge >= 0.3 is 0 Å². The maximum Gasteiger partial charge on any atom is 0.137 e. The van der Waals surface area contributed by atoms with Crippen molar-refractivity contribution in [3.63, 3.8) is 0 Å². The van der Waals surface area contributed by atoms with Crippen LogP contribution >= 0.6 is 0 Å². The summed E-state index contributed by atoms with van der Waals surface area (Å²) in [6.45, 7) is 0. The summed E-state index contributed by atoms with van der Waals surface area (Å²) in [4.78, 5) is 2.37. The van der Waals surface area contributed by atoms with E-state index in [0.717, 1.165) is 50.3 Å². The topological polar surface area (TPSA) is 21.3 Å². The van der Waals surface area contributed by atoms with Crippen LogP contribution in [-0.2, 0) is 0 Å². The molecule has 3 nitrogen and oxygen atoms in total. The fraction of sp³-hybridized carbons (Fsp3) is 0. The molecule has 2 heterocycles. The number of para-hydroxylation sites is 4. The Balaban J connectivity index is 1.23. The van der Waals surface area contributed by atoms with Gasteiger partial charge in [0.25, 0.3) is 0 Å². The Labute approximate surface area is 283 Å². The molecule has 0 aliphatic rings. The highest BCUT2D eigenvalue weighted by Crippen LogP contribution is 2.44. The average molecular weight is 627 g/mol. The summed E-state index contributed by atoms with van der Waals surface area (Å²) in [6.07, 6.45) is 0. The predicted molar refractivity (Wildman–Crippen MR) is 206 cm³/mol. The van der Waals surface area contributed by atoms with Crippen LogP contribution in [0.3, 0.4) is 0 Å². The molecule has 10 rings (SSSR count). The average Bonchev–Trinajstić information content (AvgIpc) is 3.71. The van der Waals surface area contributed by atoms with Gasteiger partial charge in [0, 0.05) is 55.6 Å². The predicted octanol–water partition coefficient (Wildman–Crippen LogP) is 13.0. The van der Waals surface area contributed by atoms with E-state index in [4.69, 9.17) is 4.42 Å². The second-order valence-corrected chi connectivity index (χ2v) is 12.6. The highest BCUT2D eigenvalue weighted by atomic mass is 16.3. The van der Waals surface area contributed by atoms with Crippen LogP contribution < -0.4 is 4.90 Å². The molecule has 8 aromatic carbocycles. The second-order valence-electron chi connectivity index (χ2n) is 12.6. The van der Waals surface area contributed by atoms with Gasteiger partial charge in [0.1, 0.15) is 11.2 Å². The maximum atomic E-state index is 6.40. The Morgan fingerprint density at radius 2 is 1.06 bits per heavy atom. The van der Waals surface area contributed by atoms with Crippen molar-refractivity contribution in [2.45, 2.75) is 0 Å². The Bertz CT molecular complexity index is 2830. The molecule has 0 aliphatic carbocycles. The number of anilines is 3. The minimum absolute atomic E-state index is 0.871. The first-order valence-corrected chi connectivity index (χ1v) is 16.7. The molecule has 3 heteroatoms. The van der Waals surface area contributed by atoms with Crippen molar-refractivity contribution >= 4 is 71.6 Å². The molecule has 0 aliphatic heterocycles. The van der Waals surface area contributed by atoms with E-state index in [1.54, 1.807) is 0 Å². The molecule has 0 amide bonds. The Hall–Kier alpha value is -6.58. The van der Waals surface area contributed by atoms with Crippen molar-refractivity contribution in [2.75, 3.05) is 4.90 Å². The molecule has 0 saturated carbocycles. The summed E-state index contributed by atoms with van der Waals surface area (Å²) >= 11 is 0. The summed E-state index contributed by atoms with van der Waals surface area (Å²) < 4.78 is 8.81. The van der Waals surface area contributed by atoms with Gasteiger partial charge < -0.3 is 13.9 Å². The van der Waals surface area contributed by atoms with E-state index < -0.39 is 0 Å². The number of nitrogens with zero attached hydrogens (tertiary/aromatic N) is 2. The van der Waals surface area contributed by atoms with E-state index in [1.165, 1.54) is 38.1 Å². The van der Waals surface area contributed by atoms with Crippen molar-refractivity contribution in [1.82, 2.24) is 4.57 Å². The van der Waals surface area contributed by atoms with Gasteiger partial charge in [-0.3, -0.25) is 0 Å². The first-order chi connectivity index (χ1) is 24.3. The Kier molecular flexibility index (Phi) is 6.18. The number of furan rings is 1. The number of hydrogen-bond donors (Lipinski definition) is 0.